The Hall–Kier alpha value is -2.46. The molecule has 2 aromatic rings. The smallest absolute Gasteiger partial charge is 0.223 e. The molecule has 1 fully saturated rings. The highest BCUT2D eigenvalue weighted by Gasteiger charge is 2.23. The highest BCUT2D eigenvalue weighted by molar-refractivity contribution is 5.61. The number of nitrogens with zero attached hydrogens (tertiary/aromatic N) is 6. The maximum absolute atomic E-state index is 9.55. The highest BCUT2D eigenvalue weighted by atomic mass is 16.5. The molecule has 2 aromatic heterocycles. The molecule has 0 spiro atoms. The SMILES string of the molecule is Cc1cc(N2CCC[C@@H](N(C)Cc3noc(C)n3)CC2)c(C#N)c(C)n1. The van der Waals surface area contributed by atoms with E-state index in [0.717, 1.165) is 55.3 Å². The number of anilines is 1. The van der Waals surface area contributed by atoms with Crippen LogP contribution in [0.1, 0.15) is 47.9 Å². The van der Waals surface area contributed by atoms with Crippen molar-refractivity contribution in [1.29, 1.82) is 5.26 Å². The molecule has 0 amide bonds. The molecule has 0 bridgehead atoms. The molecule has 7 nitrogen and oxygen atoms in total. The van der Waals surface area contributed by atoms with E-state index in [1.807, 2.05) is 26.8 Å². The predicted molar refractivity (Wildman–Crippen MR) is 98.8 cm³/mol. The topological polar surface area (TPSA) is 82.1 Å². The molecule has 0 radical (unpaired) electrons. The molecule has 0 saturated carbocycles. The minimum Gasteiger partial charge on any atom is -0.370 e. The molecule has 7 heteroatoms. The Morgan fingerprint density at radius 3 is 2.77 bits per heavy atom. The summed E-state index contributed by atoms with van der Waals surface area (Å²) in [6.45, 7) is 8.29. The molecule has 1 aliphatic rings. The van der Waals surface area contributed by atoms with E-state index < -0.39 is 0 Å². The predicted octanol–water partition coefficient (Wildman–Crippen LogP) is 2.75. The molecule has 1 aliphatic heterocycles. The summed E-state index contributed by atoms with van der Waals surface area (Å²) in [5.74, 6) is 1.34. The van der Waals surface area contributed by atoms with Gasteiger partial charge in [0.2, 0.25) is 5.89 Å². The molecule has 0 aromatic carbocycles. The highest BCUT2D eigenvalue weighted by Crippen LogP contribution is 2.27. The number of aromatic nitrogens is 3. The lowest BCUT2D eigenvalue weighted by molar-refractivity contribution is 0.209. The Bertz CT molecular complexity index is 809. The van der Waals surface area contributed by atoms with Gasteiger partial charge in [-0.25, -0.2) is 0 Å². The van der Waals surface area contributed by atoms with E-state index in [0.29, 0.717) is 24.0 Å². The monoisotopic (exact) mass is 354 g/mol. The zero-order valence-electron chi connectivity index (χ0n) is 16.0. The summed E-state index contributed by atoms with van der Waals surface area (Å²) in [7, 11) is 2.12. The summed E-state index contributed by atoms with van der Waals surface area (Å²) >= 11 is 0. The van der Waals surface area contributed by atoms with Crippen LogP contribution in [0.3, 0.4) is 0 Å². The first-order valence-electron chi connectivity index (χ1n) is 9.10. The van der Waals surface area contributed by atoms with Crippen molar-refractivity contribution < 1.29 is 4.52 Å². The Labute approximate surface area is 154 Å². The van der Waals surface area contributed by atoms with Crippen LogP contribution in [-0.4, -0.2) is 46.2 Å². The van der Waals surface area contributed by atoms with Gasteiger partial charge < -0.3 is 9.42 Å². The molecular formula is C19H26N6O. The summed E-state index contributed by atoms with van der Waals surface area (Å²) in [6.07, 6.45) is 3.25. The van der Waals surface area contributed by atoms with Gasteiger partial charge in [0.15, 0.2) is 5.82 Å². The van der Waals surface area contributed by atoms with Gasteiger partial charge in [0.25, 0.3) is 0 Å². The lowest BCUT2D eigenvalue weighted by Gasteiger charge is -2.27. The van der Waals surface area contributed by atoms with Crippen molar-refractivity contribution >= 4 is 5.69 Å². The van der Waals surface area contributed by atoms with Gasteiger partial charge in [-0.3, -0.25) is 9.88 Å². The van der Waals surface area contributed by atoms with Crippen molar-refractivity contribution in [2.45, 2.75) is 52.6 Å². The van der Waals surface area contributed by atoms with Crippen molar-refractivity contribution in [1.82, 2.24) is 20.0 Å². The Balaban J connectivity index is 1.70. The Morgan fingerprint density at radius 2 is 2.08 bits per heavy atom. The number of aryl methyl sites for hydroxylation is 3. The van der Waals surface area contributed by atoms with Crippen molar-refractivity contribution in [3.05, 3.63) is 34.7 Å². The Kier molecular flexibility index (Phi) is 5.52. The zero-order chi connectivity index (χ0) is 18.7. The minimum atomic E-state index is 0.466. The first-order chi connectivity index (χ1) is 12.5. The summed E-state index contributed by atoms with van der Waals surface area (Å²) < 4.78 is 5.07. The number of rotatable bonds is 4. The second kappa shape index (κ2) is 7.83. The van der Waals surface area contributed by atoms with E-state index in [-0.39, 0.29) is 0 Å². The maximum atomic E-state index is 9.55. The first kappa shape index (κ1) is 18.3. The van der Waals surface area contributed by atoms with Gasteiger partial charge in [0, 0.05) is 31.7 Å². The average Bonchev–Trinajstić information content (AvgIpc) is 2.85. The Morgan fingerprint density at radius 1 is 1.27 bits per heavy atom. The summed E-state index contributed by atoms with van der Waals surface area (Å²) in [5.41, 5.74) is 3.49. The van der Waals surface area contributed by atoms with Gasteiger partial charge in [0.1, 0.15) is 6.07 Å². The number of hydrogen-bond acceptors (Lipinski definition) is 7. The number of hydrogen-bond donors (Lipinski definition) is 0. The quantitative estimate of drug-likeness (QED) is 0.835. The standard InChI is InChI=1S/C19H26N6O/c1-13-10-18(17(11-20)14(2)21-13)25-8-5-6-16(7-9-25)24(4)12-19-22-15(3)26-23-19/h10,16H,5-9,12H2,1-4H3/t16-/m1/s1. The summed E-state index contributed by atoms with van der Waals surface area (Å²) in [5, 5.41) is 13.5. The second-order valence-corrected chi connectivity index (χ2v) is 7.07. The van der Waals surface area contributed by atoms with Crippen LogP contribution in [0.2, 0.25) is 0 Å². The zero-order valence-corrected chi connectivity index (χ0v) is 16.0. The van der Waals surface area contributed by atoms with Crippen LogP contribution in [0.25, 0.3) is 0 Å². The summed E-state index contributed by atoms with van der Waals surface area (Å²) in [4.78, 5) is 13.4. The lowest BCUT2D eigenvalue weighted by Crippen LogP contribution is -2.33. The van der Waals surface area contributed by atoms with Crippen molar-refractivity contribution in [2.24, 2.45) is 0 Å². The molecule has 0 N–H and O–H groups in total. The van der Waals surface area contributed by atoms with Crippen LogP contribution >= 0.6 is 0 Å². The van der Waals surface area contributed by atoms with Crippen molar-refractivity contribution in [3.8, 4) is 6.07 Å². The molecule has 0 aliphatic carbocycles. The molecular weight excluding hydrogens is 328 g/mol. The summed E-state index contributed by atoms with van der Waals surface area (Å²) in [6, 6.07) is 4.84. The van der Waals surface area contributed by atoms with Gasteiger partial charge in [-0.05, 0) is 46.2 Å². The molecule has 26 heavy (non-hydrogen) atoms. The number of nitriles is 1. The maximum Gasteiger partial charge on any atom is 0.223 e. The second-order valence-electron chi connectivity index (χ2n) is 7.07. The lowest BCUT2D eigenvalue weighted by atomic mass is 10.1. The van der Waals surface area contributed by atoms with Crippen LogP contribution < -0.4 is 4.90 Å². The minimum absolute atomic E-state index is 0.466. The van der Waals surface area contributed by atoms with E-state index in [1.165, 1.54) is 0 Å². The van der Waals surface area contributed by atoms with E-state index in [4.69, 9.17) is 4.52 Å². The van der Waals surface area contributed by atoms with Crippen LogP contribution in [-0.2, 0) is 6.54 Å². The van der Waals surface area contributed by atoms with Crippen LogP contribution in [0.15, 0.2) is 10.6 Å². The number of pyridine rings is 1. The van der Waals surface area contributed by atoms with Gasteiger partial charge in [-0.15, -0.1) is 0 Å². The fraction of sp³-hybridized carbons (Fsp3) is 0.579. The van der Waals surface area contributed by atoms with Crippen LogP contribution in [0, 0.1) is 32.1 Å². The van der Waals surface area contributed by atoms with Gasteiger partial charge >= 0.3 is 0 Å². The molecule has 138 valence electrons. The van der Waals surface area contributed by atoms with Gasteiger partial charge in [0.05, 0.1) is 23.5 Å². The molecule has 1 atom stereocenters. The van der Waals surface area contributed by atoms with Crippen LogP contribution in [0.4, 0.5) is 5.69 Å². The third-order valence-corrected chi connectivity index (χ3v) is 5.04. The fourth-order valence-electron chi connectivity index (χ4n) is 3.71. The van der Waals surface area contributed by atoms with Crippen molar-refractivity contribution in [3.63, 3.8) is 0 Å². The fourth-order valence-corrected chi connectivity index (χ4v) is 3.71. The van der Waals surface area contributed by atoms with E-state index in [2.05, 4.69) is 38.0 Å². The first-order valence-corrected chi connectivity index (χ1v) is 9.10. The van der Waals surface area contributed by atoms with Crippen molar-refractivity contribution in [2.75, 3.05) is 25.0 Å². The molecule has 3 heterocycles. The van der Waals surface area contributed by atoms with E-state index in [1.54, 1.807) is 0 Å². The third kappa shape index (κ3) is 4.02. The van der Waals surface area contributed by atoms with Crippen LogP contribution in [0.5, 0.6) is 0 Å². The molecule has 3 rings (SSSR count). The molecule has 1 saturated heterocycles. The third-order valence-electron chi connectivity index (χ3n) is 5.04. The van der Waals surface area contributed by atoms with Gasteiger partial charge in [-0.1, -0.05) is 5.16 Å². The van der Waals surface area contributed by atoms with Gasteiger partial charge in [-0.2, -0.15) is 10.2 Å². The van der Waals surface area contributed by atoms with E-state index >= 15 is 0 Å². The normalized spacial score (nSPS) is 18.0. The average molecular weight is 354 g/mol. The largest absolute Gasteiger partial charge is 0.370 e. The van der Waals surface area contributed by atoms with E-state index in [9.17, 15) is 5.26 Å². The molecule has 0 unspecified atom stereocenters.